The van der Waals surface area contributed by atoms with Gasteiger partial charge in [0, 0.05) is 0 Å². The third-order valence-corrected chi connectivity index (χ3v) is 0. The topological polar surface area (TPSA) is 0 Å². The molecule has 16 heavy (non-hydrogen) atoms. The number of hydrogen-bond donors (Lipinski definition) is 0. The highest BCUT2D eigenvalue weighted by Crippen LogP contribution is 1.92. The monoisotopic (exact) mass is 248 g/mol. The summed E-state index contributed by atoms with van der Waals surface area (Å²) in [5.74, 6) is 0. The molecule has 0 amide bonds. The molecular formula is C14H26ClF. The van der Waals surface area contributed by atoms with Gasteiger partial charge in [0.15, 0.2) is 5.29 Å². The smallest absolute Gasteiger partial charge is 0.181 e. The average molecular weight is 249 g/mol. The van der Waals surface area contributed by atoms with Crippen LogP contribution in [0, 0.1) is 0 Å². The van der Waals surface area contributed by atoms with Gasteiger partial charge >= 0.3 is 0 Å². The van der Waals surface area contributed by atoms with Crippen molar-refractivity contribution in [2.75, 3.05) is 0 Å². The van der Waals surface area contributed by atoms with Crippen molar-refractivity contribution in [3.05, 3.63) is 48.3 Å². The van der Waals surface area contributed by atoms with Gasteiger partial charge in [-0.05, 0) is 41.5 Å². The summed E-state index contributed by atoms with van der Waals surface area (Å²) in [5, 5.41) is -0.861. The molecule has 0 aliphatic carbocycles. The Balaban J connectivity index is -0.0000000600. The van der Waals surface area contributed by atoms with Crippen molar-refractivity contribution < 1.29 is 4.39 Å². The van der Waals surface area contributed by atoms with Crippen LogP contribution in [0.3, 0.4) is 0 Å². The first kappa shape index (κ1) is 24.4. The van der Waals surface area contributed by atoms with E-state index in [1.165, 1.54) is 16.7 Å². The second-order valence-corrected chi connectivity index (χ2v) is 4.37. The van der Waals surface area contributed by atoms with Crippen LogP contribution in [0.15, 0.2) is 48.3 Å². The van der Waals surface area contributed by atoms with E-state index in [0.29, 0.717) is 0 Å². The lowest BCUT2D eigenvalue weighted by molar-refractivity contribution is 0.699. The second-order valence-electron chi connectivity index (χ2n) is 3.96. The van der Waals surface area contributed by atoms with Gasteiger partial charge in [-0.15, -0.1) is 19.7 Å². The van der Waals surface area contributed by atoms with E-state index in [9.17, 15) is 4.39 Å². The molecule has 0 spiro atoms. The molecule has 0 nitrogen and oxygen atoms in total. The van der Waals surface area contributed by atoms with E-state index in [1.807, 2.05) is 41.5 Å². The van der Waals surface area contributed by atoms with Crippen LogP contribution in [-0.4, -0.2) is 0 Å². The third-order valence-electron chi connectivity index (χ3n) is 0. The Hall–Kier alpha value is -0.820. The molecule has 0 radical (unpaired) electrons. The van der Waals surface area contributed by atoms with Gasteiger partial charge in [0.2, 0.25) is 0 Å². The van der Waals surface area contributed by atoms with E-state index in [-0.39, 0.29) is 0 Å². The minimum atomic E-state index is -0.861. The van der Waals surface area contributed by atoms with Gasteiger partial charge in [-0.1, -0.05) is 34.9 Å². The Morgan fingerprint density at radius 2 is 0.688 bits per heavy atom. The summed E-state index contributed by atoms with van der Waals surface area (Å²) < 4.78 is 10.6. The maximum atomic E-state index is 10.6. The normalized spacial score (nSPS) is 6.50. The Morgan fingerprint density at radius 3 is 0.688 bits per heavy atom. The minimum Gasteiger partial charge on any atom is -0.194 e. The van der Waals surface area contributed by atoms with Crippen molar-refractivity contribution in [3.8, 4) is 0 Å². The second kappa shape index (κ2) is 19.7. The van der Waals surface area contributed by atoms with Gasteiger partial charge < -0.3 is 0 Å². The Kier molecular flexibility index (Phi) is 30.1. The van der Waals surface area contributed by atoms with E-state index in [1.54, 1.807) is 0 Å². The van der Waals surface area contributed by atoms with E-state index >= 15 is 0 Å². The predicted molar refractivity (Wildman–Crippen MR) is 77.6 cm³/mol. The molecule has 0 heterocycles. The molecule has 2 heteroatoms. The molecule has 0 atom stereocenters. The van der Waals surface area contributed by atoms with Crippen LogP contribution >= 0.6 is 11.6 Å². The first-order chi connectivity index (χ1) is 6.93. The molecular weight excluding hydrogens is 223 g/mol. The van der Waals surface area contributed by atoms with Crippen LogP contribution in [0.25, 0.3) is 0 Å². The molecule has 0 N–H and O–H groups in total. The van der Waals surface area contributed by atoms with Crippen molar-refractivity contribution in [2.45, 2.75) is 41.5 Å². The van der Waals surface area contributed by atoms with Crippen molar-refractivity contribution in [1.82, 2.24) is 0 Å². The lowest BCUT2D eigenvalue weighted by Gasteiger charge is -1.65. The average Bonchev–Trinajstić information content (AvgIpc) is 1.76. The van der Waals surface area contributed by atoms with Gasteiger partial charge in [-0.25, -0.2) is 0 Å². The SMILES string of the molecule is C=C(C)C.C=C(C)C.C=C(C)C.C=C(F)Cl. The van der Waals surface area contributed by atoms with Crippen LogP contribution in [-0.2, 0) is 0 Å². The van der Waals surface area contributed by atoms with E-state index in [2.05, 4.69) is 37.9 Å². The number of halogens is 2. The quantitative estimate of drug-likeness (QED) is 0.434. The zero-order valence-electron chi connectivity index (χ0n) is 11.6. The molecule has 0 aliphatic heterocycles. The van der Waals surface area contributed by atoms with Crippen LogP contribution in [0.5, 0.6) is 0 Å². The predicted octanol–water partition coefficient (Wildman–Crippen LogP) is 6.41. The highest BCUT2D eigenvalue weighted by Gasteiger charge is 1.63. The number of rotatable bonds is 0. The highest BCUT2D eigenvalue weighted by atomic mass is 35.5. The van der Waals surface area contributed by atoms with Crippen molar-refractivity contribution in [3.63, 3.8) is 0 Å². The molecule has 0 aromatic carbocycles. The Labute approximate surface area is 106 Å². The minimum absolute atomic E-state index is 0.861. The molecule has 0 saturated carbocycles. The zero-order valence-corrected chi connectivity index (χ0v) is 12.3. The fourth-order valence-electron chi connectivity index (χ4n) is 0. The summed E-state index contributed by atoms with van der Waals surface area (Å²) >= 11 is 4.41. The Bertz CT molecular complexity index is 151. The van der Waals surface area contributed by atoms with Gasteiger partial charge in [0.25, 0.3) is 0 Å². The van der Waals surface area contributed by atoms with Gasteiger partial charge in [-0.3, -0.25) is 0 Å². The summed E-state index contributed by atoms with van der Waals surface area (Å²) in [4.78, 5) is 0. The van der Waals surface area contributed by atoms with Gasteiger partial charge in [0.1, 0.15) is 0 Å². The molecule has 0 saturated heterocycles. The summed E-state index contributed by atoms with van der Waals surface area (Å²) in [6, 6.07) is 0. The summed E-state index contributed by atoms with van der Waals surface area (Å²) in [6.07, 6.45) is 0. The molecule has 0 aromatic heterocycles. The largest absolute Gasteiger partial charge is 0.194 e. The summed E-state index contributed by atoms with van der Waals surface area (Å²) in [6.45, 7) is 25.2. The number of hydrogen-bond acceptors (Lipinski definition) is 0. The standard InChI is InChI=1S/3C4H8.C2H2ClF/c3*1-4(2)3;1-2(3)4/h3*1H2,2-3H3;1H2. The molecule has 0 fully saturated rings. The van der Waals surface area contributed by atoms with E-state index in [0.717, 1.165) is 0 Å². The van der Waals surface area contributed by atoms with Crippen molar-refractivity contribution in [1.29, 1.82) is 0 Å². The molecule has 0 aliphatic rings. The van der Waals surface area contributed by atoms with Crippen LogP contribution in [0.4, 0.5) is 4.39 Å². The molecule has 0 bridgehead atoms. The van der Waals surface area contributed by atoms with Crippen LogP contribution < -0.4 is 0 Å². The fraction of sp³-hybridized carbons (Fsp3) is 0.429. The first-order valence-corrected chi connectivity index (χ1v) is 5.17. The molecule has 0 rings (SSSR count). The van der Waals surface area contributed by atoms with Gasteiger partial charge in [0.05, 0.1) is 0 Å². The first-order valence-electron chi connectivity index (χ1n) is 4.79. The van der Waals surface area contributed by atoms with Crippen molar-refractivity contribution in [2.24, 2.45) is 0 Å². The fourth-order valence-corrected chi connectivity index (χ4v) is 0. The van der Waals surface area contributed by atoms with Gasteiger partial charge in [-0.2, -0.15) is 4.39 Å². The van der Waals surface area contributed by atoms with E-state index < -0.39 is 5.29 Å². The summed E-state index contributed by atoms with van der Waals surface area (Å²) in [5.41, 5.74) is 3.50. The van der Waals surface area contributed by atoms with Crippen LogP contribution in [0.2, 0.25) is 0 Å². The lowest BCUT2D eigenvalue weighted by atomic mass is 10.4. The molecule has 0 unspecified atom stereocenters. The lowest BCUT2D eigenvalue weighted by Crippen LogP contribution is -1.43. The Morgan fingerprint density at radius 1 is 0.688 bits per heavy atom. The number of allylic oxidation sites excluding steroid dienone is 3. The molecule has 96 valence electrons. The third kappa shape index (κ3) is 2910. The van der Waals surface area contributed by atoms with Crippen molar-refractivity contribution >= 4 is 11.6 Å². The highest BCUT2D eigenvalue weighted by molar-refractivity contribution is 6.27. The summed E-state index contributed by atoms with van der Waals surface area (Å²) in [7, 11) is 0. The zero-order chi connectivity index (χ0) is 14.3. The molecule has 0 aromatic rings. The van der Waals surface area contributed by atoms with E-state index in [4.69, 9.17) is 0 Å². The maximum absolute atomic E-state index is 10.6. The van der Waals surface area contributed by atoms with Crippen LogP contribution in [0.1, 0.15) is 41.5 Å². The maximum Gasteiger partial charge on any atom is 0.181 e.